The standard InChI is InChI=1S/C20H19N3O2/c24-19-13-23(12-15(19)11-14-6-9-21-10-7-14)20(25)17-3-1-5-18-16(17)4-2-8-22-18/h1-10,15,19,24H,11-13H2/t15-,19+/m1/s1. The molecule has 25 heavy (non-hydrogen) atoms. The lowest BCUT2D eigenvalue weighted by atomic mass is 9.97. The largest absolute Gasteiger partial charge is 0.391 e. The monoisotopic (exact) mass is 333 g/mol. The summed E-state index contributed by atoms with van der Waals surface area (Å²) in [5.74, 6) is -0.00525. The molecule has 2 aromatic heterocycles. The Kier molecular flexibility index (Phi) is 4.15. The summed E-state index contributed by atoms with van der Waals surface area (Å²) in [6, 6.07) is 13.2. The van der Waals surface area contributed by atoms with Crippen LogP contribution in [0.1, 0.15) is 15.9 Å². The molecule has 0 unspecified atom stereocenters. The third kappa shape index (κ3) is 3.10. The van der Waals surface area contributed by atoms with Gasteiger partial charge in [-0.15, -0.1) is 0 Å². The SMILES string of the molecule is O=C(c1cccc2ncccc12)N1C[C@@H](Cc2ccncc2)[C@@H](O)C1. The molecule has 0 saturated carbocycles. The molecule has 2 atom stereocenters. The topological polar surface area (TPSA) is 66.3 Å². The predicted molar refractivity (Wildman–Crippen MR) is 95.1 cm³/mol. The number of carbonyl (C=O) groups is 1. The van der Waals surface area contributed by atoms with Crippen LogP contribution in [0.4, 0.5) is 0 Å². The molecule has 1 aromatic carbocycles. The van der Waals surface area contributed by atoms with Gasteiger partial charge in [0.2, 0.25) is 0 Å². The van der Waals surface area contributed by atoms with Gasteiger partial charge >= 0.3 is 0 Å². The van der Waals surface area contributed by atoms with Gasteiger partial charge in [0.15, 0.2) is 0 Å². The molecule has 5 nitrogen and oxygen atoms in total. The van der Waals surface area contributed by atoms with Crippen LogP contribution >= 0.6 is 0 Å². The highest BCUT2D eigenvalue weighted by molar-refractivity contribution is 6.06. The average molecular weight is 333 g/mol. The van der Waals surface area contributed by atoms with E-state index in [1.165, 1.54) is 0 Å². The van der Waals surface area contributed by atoms with Gasteiger partial charge in [-0.25, -0.2) is 0 Å². The number of rotatable bonds is 3. The molecule has 126 valence electrons. The highest BCUT2D eigenvalue weighted by Gasteiger charge is 2.34. The van der Waals surface area contributed by atoms with Gasteiger partial charge < -0.3 is 10.0 Å². The first kappa shape index (κ1) is 15.7. The molecule has 5 heteroatoms. The predicted octanol–water partition coefficient (Wildman–Crippen LogP) is 2.31. The summed E-state index contributed by atoms with van der Waals surface area (Å²) in [6.07, 6.45) is 5.46. The Balaban J connectivity index is 1.55. The molecule has 1 N–H and O–H groups in total. The minimum atomic E-state index is -0.509. The fourth-order valence-electron chi connectivity index (χ4n) is 3.50. The third-order valence-electron chi connectivity index (χ3n) is 4.82. The summed E-state index contributed by atoms with van der Waals surface area (Å²) in [4.78, 5) is 23.1. The number of hydrogen-bond donors (Lipinski definition) is 1. The van der Waals surface area contributed by atoms with Crippen molar-refractivity contribution in [3.05, 3.63) is 72.2 Å². The van der Waals surface area contributed by atoms with Gasteiger partial charge in [0, 0.05) is 48.5 Å². The van der Waals surface area contributed by atoms with E-state index in [1.54, 1.807) is 23.5 Å². The van der Waals surface area contributed by atoms with Gasteiger partial charge in [0.1, 0.15) is 0 Å². The van der Waals surface area contributed by atoms with E-state index in [4.69, 9.17) is 0 Å². The quantitative estimate of drug-likeness (QED) is 0.799. The van der Waals surface area contributed by atoms with Crippen molar-refractivity contribution < 1.29 is 9.90 Å². The zero-order valence-electron chi connectivity index (χ0n) is 13.7. The number of pyridine rings is 2. The lowest BCUT2D eigenvalue weighted by Crippen LogP contribution is -2.29. The van der Waals surface area contributed by atoms with Crippen LogP contribution in [0.5, 0.6) is 0 Å². The number of fused-ring (bicyclic) bond motifs is 1. The number of carbonyl (C=O) groups excluding carboxylic acids is 1. The van der Waals surface area contributed by atoms with Crippen LogP contribution in [0.15, 0.2) is 61.1 Å². The van der Waals surface area contributed by atoms with Crippen LogP contribution in [0.2, 0.25) is 0 Å². The molecule has 4 rings (SSSR count). The van der Waals surface area contributed by atoms with Crippen molar-refractivity contribution in [1.29, 1.82) is 0 Å². The van der Waals surface area contributed by atoms with E-state index in [0.717, 1.165) is 22.9 Å². The molecule has 3 heterocycles. The number of benzene rings is 1. The highest BCUT2D eigenvalue weighted by atomic mass is 16.3. The second-order valence-electron chi connectivity index (χ2n) is 6.47. The number of likely N-dealkylation sites (tertiary alicyclic amines) is 1. The van der Waals surface area contributed by atoms with Gasteiger partial charge in [-0.1, -0.05) is 12.1 Å². The lowest BCUT2D eigenvalue weighted by Gasteiger charge is -2.17. The first-order chi connectivity index (χ1) is 12.2. The Morgan fingerprint density at radius 1 is 1.08 bits per heavy atom. The summed E-state index contributed by atoms with van der Waals surface area (Å²) in [6.45, 7) is 0.921. The van der Waals surface area contributed by atoms with Gasteiger partial charge in [-0.2, -0.15) is 0 Å². The number of aromatic nitrogens is 2. The highest BCUT2D eigenvalue weighted by Crippen LogP contribution is 2.25. The molecule has 1 amide bonds. The van der Waals surface area contributed by atoms with E-state index in [-0.39, 0.29) is 11.8 Å². The molecule has 1 aliphatic heterocycles. The number of aliphatic hydroxyl groups is 1. The Morgan fingerprint density at radius 3 is 2.76 bits per heavy atom. The molecule has 1 saturated heterocycles. The van der Waals surface area contributed by atoms with Crippen molar-refractivity contribution in [3.8, 4) is 0 Å². The van der Waals surface area contributed by atoms with Crippen LogP contribution in [-0.4, -0.2) is 45.1 Å². The van der Waals surface area contributed by atoms with E-state index >= 15 is 0 Å². The van der Waals surface area contributed by atoms with Crippen molar-refractivity contribution >= 4 is 16.8 Å². The first-order valence-corrected chi connectivity index (χ1v) is 8.42. The Morgan fingerprint density at radius 2 is 1.92 bits per heavy atom. The molecule has 1 aliphatic rings. The van der Waals surface area contributed by atoms with E-state index in [2.05, 4.69) is 9.97 Å². The van der Waals surface area contributed by atoms with Crippen LogP contribution in [-0.2, 0) is 6.42 Å². The van der Waals surface area contributed by atoms with Gasteiger partial charge in [-0.3, -0.25) is 14.8 Å². The number of amides is 1. The minimum Gasteiger partial charge on any atom is -0.391 e. The maximum Gasteiger partial charge on any atom is 0.254 e. The molecule has 0 radical (unpaired) electrons. The zero-order valence-corrected chi connectivity index (χ0v) is 13.7. The van der Waals surface area contributed by atoms with Gasteiger partial charge in [-0.05, 0) is 42.3 Å². The third-order valence-corrected chi connectivity index (χ3v) is 4.82. The second kappa shape index (κ2) is 6.61. The maximum atomic E-state index is 13.0. The van der Waals surface area contributed by atoms with Crippen molar-refractivity contribution in [2.45, 2.75) is 12.5 Å². The van der Waals surface area contributed by atoms with Crippen molar-refractivity contribution in [3.63, 3.8) is 0 Å². The van der Waals surface area contributed by atoms with Crippen LogP contribution in [0.25, 0.3) is 10.9 Å². The smallest absolute Gasteiger partial charge is 0.254 e. The van der Waals surface area contributed by atoms with Gasteiger partial charge in [0.05, 0.1) is 11.6 Å². The Labute approximate surface area is 146 Å². The van der Waals surface area contributed by atoms with Crippen molar-refractivity contribution in [1.82, 2.24) is 14.9 Å². The number of hydrogen-bond acceptors (Lipinski definition) is 4. The summed E-state index contributed by atoms with van der Waals surface area (Å²) < 4.78 is 0. The maximum absolute atomic E-state index is 13.0. The number of β-amino-alcohol motifs (C(OH)–C–C–N with tert-alkyl or cyclic N) is 1. The lowest BCUT2D eigenvalue weighted by molar-refractivity contribution is 0.0766. The van der Waals surface area contributed by atoms with Crippen LogP contribution in [0.3, 0.4) is 0 Å². The van der Waals surface area contributed by atoms with Crippen LogP contribution < -0.4 is 0 Å². The van der Waals surface area contributed by atoms with Gasteiger partial charge in [0.25, 0.3) is 5.91 Å². The molecule has 0 bridgehead atoms. The first-order valence-electron chi connectivity index (χ1n) is 8.42. The zero-order chi connectivity index (χ0) is 17.2. The Bertz CT molecular complexity index is 892. The van der Waals surface area contributed by atoms with Crippen molar-refractivity contribution in [2.75, 3.05) is 13.1 Å². The normalized spacial score (nSPS) is 20.1. The molecular formula is C20H19N3O2. The van der Waals surface area contributed by atoms with E-state index < -0.39 is 6.10 Å². The summed E-state index contributed by atoms with van der Waals surface area (Å²) >= 11 is 0. The molecule has 0 aliphatic carbocycles. The average Bonchev–Trinajstić information content (AvgIpc) is 3.02. The number of nitrogens with zero attached hydrogens (tertiary/aromatic N) is 3. The minimum absolute atomic E-state index is 0.0412. The summed E-state index contributed by atoms with van der Waals surface area (Å²) in [7, 11) is 0. The van der Waals surface area contributed by atoms with E-state index in [1.807, 2.05) is 42.5 Å². The van der Waals surface area contributed by atoms with E-state index in [9.17, 15) is 9.90 Å². The van der Waals surface area contributed by atoms with E-state index in [0.29, 0.717) is 18.7 Å². The molecular weight excluding hydrogens is 314 g/mol. The van der Waals surface area contributed by atoms with Crippen molar-refractivity contribution in [2.24, 2.45) is 5.92 Å². The molecule has 3 aromatic rings. The second-order valence-corrected chi connectivity index (χ2v) is 6.47. The summed E-state index contributed by atoms with van der Waals surface area (Å²) in [5, 5.41) is 11.3. The summed E-state index contributed by atoms with van der Waals surface area (Å²) in [5.41, 5.74) is 2.58. The van der Waals surface area contributed by atoms with Crippen LogP contribution in [0, 0.1) is 5.92 Å². The fourth-order valence-corrected chi connectivity index (χ4v) is 3.50. The molecule has 1 fully saturated rings. The fraction of sp³-hybridized carbons (Fsp3) is 0.250. The Hall–Kier alpha value is -2.79. The number of aliphatic hydroxyl groups excluding tert-OH is 1. The molecule has 0 spiro atoms.